The molecule has 1 aliphatic rings. The molecule has 2 unspecified atom stereocenters. The Bertz CT molecular complexity index is 445. The summed E-state index contributed by atoms with van der Waals surface area (Å²) in [6, 6.07) is 1.91. The lowest BCUT2D eigenvalue weighted by Crippen LogP contribution is -2.33. The number of aryl methyl sites for hydroxylation is 1. The molecule has 0 aliphatic heterocycles. The van der Waals surface area contributed by atoms with Gasteiger partial charge in [-0.05, 0) is 11.6 Å². The fourth-order valence-electron chi connectivity index (χ4n) is 1.84. The minimum Gasteiger partial charge on any atom is -0.324 e. The lowest BCUT2D eigenvalue weighted by Gasteiger charge is -2.23. The van der Waals surface area contributed by atoms with Crippen LogP contribution in [0.5, 0.6) is 0 Å². The van der Waals surface area contributed by atoms with Crippen molar-refractivity contribution in [3.8, 4) is 0 Å². The molecule has 0 spiro atoms. The molecule has 0 aromatic carbocycles. The molecule has 0 radical (unpaired) electrons. The Morgan fingerprint density at radius 2 is 2.21 bits per heavy atom. The van der Waals surface area contributed by atoms with E-state index in [1.807, 2.05) is 25.1 Å². The van der Waals surface area contributed by atoms with Crippen molar-refractivity contribution in [2.75, 3.05) is 0 Å². The zero-order valence-electron chi connectivity index (χ0n) is 8.40. The molecule has 74 valence electrons. The van der Waals surface area contributed by atoms with Gasteiger partial charge in [-0.3, -0.25) is 4.79 Å². The second-order valence-corrected chi connectivity index (χ2v) is 3.83. The molecule has 2 N–H and O–H groups in total. The van der Waals surface area contributed by atoms with Gasteiger partial charge in [0, 0.05) is 30.8 Å². The minimum atomic E-state index is -0.0439. The first-order chi connectivity index (χ1) is 6.61. The third-order valence-electron chi connectivity index (χ3n) is 2.87. The second-order valence-electron chi connectivity index (χ2n) is 3.83. The van der Waals surface area contributed by atoms with Crippen LogP contribution in [0.1, 0.15) is 24.0 Å². The number of hydrogen-bond acceptors (Lipinski definition) is 2. The Kier molecular flexibility index (Phi) is 2.04. The van der Waals surface area contributed by atoms with Gasteiger partial charge in [-0.2, -0.15) is 0 Å². The van der Waals surface area contributed by atoms with E-state index in [2.05, 4.69) is 0 Å². The highest BCUT2D eigenvalue weighted by molar-refractivity contribution is 5.58. The highest BCUT2D eigenvalue weighted by atomic mass is 16.1. The molecule has 1 aliphatic carbocycles. The molecular formula is C11H14N2O. The molecule has 0 saturated heterocycles. The van der Waals surface area contributed by atoms with E-state index in [1.165, 1.54) is 0 Å². The summed E-state index contributed by atoms with van der Waals surface area (Å²) in [6.07, 6.45) is 5.67. The van der Waals surface area contributed by atoms with Crippen LogP contribution in [-0.2, 0) is 7.05 Å². The molecule has 1 heterocycles. The lowest BCUT2D eigenvalue weighted by atomic mass is 9.86. The third kappa shape index (κ3) is 1.21. The maximum atomic E-state index is 11.8. The highest BCUT2D eigenvalue weighted by Crippen LogP contribution is 2.25. The van der Waals surface area contributed by atoms with Crippen molar-refractivity contribution in [3.63, 3.8) is 0 Å². The predicted molar refractivity (Wildman–Crippen MR) is 57.1 cm³/mol. The van der Waals surface area contributed by atoms with Crippen molar-refractivity contribution < 1.29 is 0 Å². The number of hydrogen-bond donors (Lipinski definition) is 1. The Hall–Kier alpha value is -1.35. The SMILES string of the molecule is CC1c2c(ccn(C)c2=O)C=CC1N. The van der Waals surface area contributed by atoms with Gasteiger partial charge in [-0.25, -0.2) is 0 Å². The van der Waals surface area contributed by atoms with Gasteiger partial charge in [0.1, 0.15) is 0 Å². The van der Waals surface area contributed by atoms with Gasteiger partial charge < -0.3 is 10.3 Å². The fourth-order valence-corrected chi connectivity index (χ4v) is 1.84. The largest absolute Gasteiger partial charge is 0.324 e. The minimum absolute atomic E-state index is 0.0439. The molecular weight excluding hydrogens is 176 g/mol. The van der Waals surface area contributed by atoms with E-state index in [0.717, 1.165) is 11.1 Å². The van der Waals surface area contributed by atoms with E-state index in [1.54, 1.807) is 17.8 Å². The van der Waals surface area contributed by atoms with Gasteiger partial charge in [0.25, 0.3) is 5.56 Å². The average molecular weight is 190 g/mol. The second kappa shape index (κ2) is 3.10. The Balaban J connectivity index is 2.71. The van der Waals surface area contributed by atoms with Crippen LogP contribution in [0, 0.1) is 0 Å². The van der Waals surface area contributed by atoms with Gasteiger partial charge >= 0.3 is 0 Å². The van der Waals surface area contributed by atoms with Crippen LogP contribution < -0.4 is 11.3 Å². The van der Waals surface area contributed by atoms with Gasteiger partial charge in [-0.15, -0.1) is 0 Å². The first-order valence-corrected chi connectivity index (χ1v) is 4.74. The standard InChI is InChI=1S/C11H14N2O/c1-7-9(12)4-3-8-5-6-13(2)11(14)10(7)8/h3-7,9H,12H2,1-2H3. The summed E-state index contributed by atoms with van der Waals surface area (Å²) in [7, 11) is 1.76. The zero-order valence-corrected chi connectivity index (χ0v) is 8.40. The molecule has 0 saturated carbocycles. The normalized spacial score (nSPS) is 24.8. The van der Waals surface area contributed by atoms with E-state index in [-0.39, 0.29) is 17.5 Å². The van der Waals surface area contributed by atoms with Crippen molar-refractivity contribution >= 4 is 6.08 Å². The van der Waals surface area contributed by atoms with Crippen molar-refractivity contribution in [2.24, 2.45) is 12.8 Å². The quantitative estimate of drug-likeness (QED) is 0.659. The number of pyridine rings is 1. The van der Waals surface area contributed by atoms with Gasteiger partial charge in [0.05, 0.1) is 0 Å². The van der Waals surface area contributed by atoms with Crippen LogP contribution in [0.25, 0.3) is 6.08 Å². The molecule has 2 rings (SSSR count). The number of rotatable bonds is 0. The molecule has 1 aromatic heterocycles. The third-order valence-corrected chi connectivity index (χ3v) is 2.87. The van der Waals surface area contributed by atoms with Crippen molar-refractivity contribution in [3.05, 3.63) is 39.8 Å². The maximum absolute atomic E-state index is 11.8. The summed E-state index contributed by atoms with van der Waals surface area (Å²) in [6.45, 7) is 1.99. The maximum Gasteiger partial charge on any atom is 0.254 e. The predicted octanol–water partition coefficient (Wildman–Crippen LogP) is 0.843. The average Bonchev–Trinajstić information content (AvgIpc) is 2.17. The molecule has 2 atom stereocenters. The van der Waals surface area contributed by atoms with Crippen molar-refractivity contribution in [1.29, 1.82) is 0 Å². The van der Waals surface area contributed by atoms with E-state index in [9.17, 15) is 4.79 Å². The summed E-state index contributed by atoms with van der Waals surface area (Å²) >= 11 is 0. The van der Waals surface area contributed by atoms with Crippen LogP contribution in [-0.4, -0.2) is 10.6 Å². The van der Waals surface area contributed by atoms with Crippen LogP contribution in [0.2, 0.25) is 0 Å². The summed E-state index contributed by atoms with van der Waals surface area (Å²) in [4.78, 5) is 11.8. The van der Waals surface area contributed by atoms with Crippen LogP contribution in [0.15, 0.2) is 23.1 Å². The fraction of sp³-hybridized carbons (Fsp3) is 0.364. The van der Waals surface area contributed by atoms with Gasteiger partial charge in [0.2, 0.25) is 0 Å². The van der Waals surface area contributed by atoms with Crippen LogP contribution in [0.3, 0.4) is 0 Å². The van der Waals surface area contributed by atoms with Crippen LogP contribution >= 0.6 is 0 Å². The monoisotopic (exact) mass is 190 g/mol. The molecule has 0 bridgehead atoms. The number of fused-ring (bicyclic) bond motifs is 1. The van der Waals surface area contributed by atoms with Gasteiger partial charge in [-0.1, -0.05) is 19.1 Å². The highest BCUT2D eigenvalue weighted by Gasteiger charge is 2.22. The molecule has 3 nitrogen and oxygen atoms in total. The topological polar surface area (TPSA) is 48.0 Å². The van der Waals surface area contributed by atoms with E-state index >= 15 is 0 Å². The summed E-state index contributed by atoms with van der Waals surface area (Å²) < 4.78 is 1.60. The van der Waals surface area contributed by atoms with Crippen molar-refractivity contribution in [2.45, 2.75) is 18.9 Å². The number of nitrogens with two attached hydrogens (primary N) is 1. The molecule has 3 heteroatoms. The first kappa shape index (κ1) is 9.21. The molecule has 1 aromatic rings. The molecule has 0 amide bonds. The first-order valence-electron chi connectivity index (χ1n) is 4.74. The van der Waals surface area contributed by atoms with E-state index in [0.29, 0.717) is 0 Å². The summed E-state index contributed by atoms with van der Waals surface area (Å²) in [5, 5.41) is 0. The van der Waals surface area contributed by atoms with Gasteiger partial charge in [0.15, 0.2) is 0 Å². The molecule has 0 fully saturated rings. The van der Waals surface area contributed by atoms with Crippen molar-refractivity contribution in [1.82, 2.24) is 4.57 Å². The lowest BCUT2D eigenvalue weighted by molar-refractivity contribution is 0.638. The summed E-state index contributed by atoms with van der Waals surface area (Å²) in [5.41, 5.74) is 7.78. The van der Waals surface area contributed by atoms with E-state index < -0.39 is 0 Å². The zero-order chi connectivity index (χ0) is 10.3. The summed E-state index contributed by atoms with van der Waals surface area (Å²) in [5.74, 6) is 0.106. The smallest absolute Gasteiger partial charge is 0.254 e. The van der Waals surface area contributed by atoms with Crippen LogP contribution in [0.4, 0.5) is 0 Å². The van der Waals surface area contributed by atoms with E-state index in [4.69, 9.17) is 5.73 Å². The number of aromatic nitrogens is 1. The Morgan fingerprint density at radius 3 is 2.93 bits per heavy atom. The molecule has 14 heavy (non-hydrogen) atoms. The Labute approximate surface area is 82.9 Å². The Morgan fingerprint density at radius 1 is 1.50 bits per heavy atom. The number of nitrogens with zero attached hydrogens (tertiary/aromatic N) is 1.